The molecule has 0 aliphatic rings. The summed E-state index contributed by atoms with van der Waals surface area (Å²) in [6.07, 6.45) is 2.12. The molecule has 0 aliphatic heterocycles. The number of hydrogen-bond acceptors (Lipinski definition) is 2. The molecule has 1 rings (SSSR count). The van der Waals surface area contributed by atoms with E-state index in [1.54, 1.807) is 12.1 Å². The summed E-state index contributed by atoms with van der Waals surface area (Å²) in [6, 6.07) is 6.74. The molecule has 0 unspecified atom stereocenters. The molecule has 2 nitrogen and oxygen atoms in total. The third-order valence-corrected chi connectivity index (χ3v) is 2.36. The van der Waals surface area contributed by atoms with Crippen LogP contribution in [0, 0.1) is 5.82 Å². The highest BCUT2D eigenvalue weighted by molar-refractivity contribution is 5.16. The molecule has 16 heavy (non-hydrogen) atoms. The van der Waals surface area contributed by atoms with Crippen LogP contribution in [0.4, 0.5) is 4.39 Å². The van der Waals surface area contributed by atoms with Crippen LogP contribution in [-0.4, -0.2) is 19.7 Å². The van der Waals surface area contributed by atoms with E-state index in [4.69, 9.17) is 4.74 Å². The van der Waals surface area contributed by atoms with Crippen LogP contribution in [0.1, 0.15) is 25.3 Å². The molecular weight excluding hydrogens is 205 g/mol. The number of ether oxygens (including phenoxy) is 1. The van der Waals surface area contributed by atoms with E-state index in [-0.39, 0.29) is 5.82 Å². The van der Waals surface area contributed by atoms with Gasteiger partial charge in [-0.25, -0.2) is 4.39 Å². The second-order valence-electron chi connectivity index (χ2n) is 3.70. The van der Waals surface area contributed by atoms with Crippen LogP contribution in [0.2, 0.25) is 0 Å². The van der Waals surface area contributed by atoms with E-state index < -0.39 is 0 Å². The lowest BCUT2D eigenvalue weighted by atomic mass is 10.2. The highest BCUT2D eigenvalue weighted by Crippen LogP contribution is 2.07. The summed E-state index contributed by atoms with van der Waals surface area (Å²) in [5.74, 6) is -0.185. The molecule has 0 aliphatic carbocycles. The summed E-state index contributed by atoms with van der Waals surface area (Å²) in [5.41, 5.74) is 0.634. The number of benzene rings is 1. The molecule has 0 saturated carbocycles. The number of halogens is 1. The van der Waals surface area contributed by atoms with Crippen LogP contribution in [-0.2, 0) is 11.3 Å². The molecule has 0 fully saturated rings. The van der Waals surface area contributed by atoms with Crippen molar-refractivity contribution in [3.63, 3.8) is 0 Å². The Morgan fingerprint density at radius 1 is 1.25 bits per heavy atom. The lowest BCUT2D eigenvalue weighted by Gasteiger charge is -2.05. The molecular formula is C13H20FNO. The third kappa shape index (κ3) is 5.24. The fraction of sp³-hybridized carbons (Fsp3) is 0.538. The van der Waals surface area contributed by atoms with Gasteiger partial charge in [0.2, 0.25) is 0 Å². The van der Waals surface area contributed by atoms with Crippen molar-refractivity contribution >= 4 is 0 Å². The minimum Gasteiger partial charge on any atom is -0.377 e. The Morgan fingerprint density at radius 2 is 2.06 bits per heavy atom. The molecule has 0 heterocycles. The molecule has 1 aromatic carbocycles. The maximum Gasteiger partial charge on any atom is 0.128 e. The average molecular weight is 225 g/mol. The summed E-state index contributed by atoms with van der Waals surface area (Å²) >= 11 is 0. The zero-order valence-corrected chi connectivity index (χ0v) is 9.84. The third-order valence-electron chi connectivity index (χ3n) is 2.36. The predicted octanol–water partition coefficient (Wildman–Crippen LogP) is 2.73. The second-order valence-corrected chi connectivity index (χ2v) is 3.70. The van der Waals surface area contributed by atoms with E-state index in [1.807, 2.05) is 6.07 Å². The lowest BCUT2D eigenvalue weighted by molar-refractivity contribution is 0.115. The summed E-state index contributed by atoms with van der Waals surface area (Å²) in [7, 11) is 0. The van der Waals surface area contributed by atoms with Crippen LogP contribution in [0.25, 0.3) is 0 Å². The largest absolute Gasteiger partial charge is 0.377 e. The maximum atomic E-state index is 13.2. The van der Waals surface area contributed by atoms with Crippen LogP contribution in [0.15, 0.2) is 24.3 Å². The molecule has 3 heteroatoms. The molecule has 0 radical (unpaired) electrons. The lowest BCUT2D eigenvalue weighted by Crippen LogP contribution is -2.14. The predicted molar refractivity (Wildman–Crippen MR) is 63.8 cm³/mol. The first-order chi connectivity index (χ1) is 7.84. The van der Waals surface area contributed by atoms with Crippen LogP contribution in [0.5, 0.6) is 0 Å². The van der Waals surface area contributed by atoms with Crippen molar-refractivity contribution in [3.05, 3.63) is 35.6 Å². The van der Waals surface area contributed by atoms with E-state index in [0.717, 1.165) is 25.9 Å². The minimum absolute atomic E-state index is 0.185. The van der Waals surface area contributed by atoms with Crippen molar-refractivity contribution in [2.24, 2.45) is 0 Å². The topological polar surface area (TPSA) is 21.3 Å². The zero-order valence-electron chi connectivity index (χ0n) is 9.84. The number of rotatable bonds is 8. The quantitative estimate of drug-likeness (QED) is 0.687. The fourth-order valence-corrected chi connectivity index (χ4v) is 1.43. The first-order valence-electron chi connectivity index (χ1n) is 5.86. The van der Waals surface area contributed by atoms with E-state index in [2.05, 4.69) is 12.2 Å². The molecule has 0 aromatic heterocycles. The Kier molecular flexibility index (Phi) is 6.77. The first-order valence-corrected chi connectivity index (χ1v) is 5.86. The number of nitrogens with one attached hydrogen (secondary N) is 1. The van der Waals surface area contributed by atoms with Gasteiger partial charge in [-0.15, -0.1) is 0 Å². The second kappa shape index (κ2) is 8.25. The summed E-state index contributed by atoms with van der Waals surface area (Å²) in [4.78, 5) is 0. The fourth-order valence-electron chi connectivity index (χ4n) is 1.43. The zero-order chi connectivity index (χ0) is 11.6. The smallest absolute Gasteiger partial charge is 0.128 e. The molecule has 90 valence electrons. The maximum absolute atomic E-state index is 13.2. The van der Waals surface area contributed by atoms with Gasteiger partial charge >= 0.3 is 0 Å². The Balaban J connectivity index is 2.05. The van der Waals surface area contributed by atoms with Crippen molar-refractivity contribution in [1.29, 1.82) is 0 Å². The highest BCUT2D eigenvalue weighted by Gasteiger charge is 1.99. The van der Waals surface area contributed by atoms with Gasteiger partial charge in [-0.05, 0) is 32.0 Å². The van der Waals surface area contributed by atoms with E-state index >= 15 is 0 Å². The monoisotopic (exact) mass is 225 g/mol. The van der Waals surface area contributed by atoms with Crippen molar-refractivity contribution in [3.8, 4) is 0 Å². The average Bonchev–Trinajstić information content (AvgIpc) is 2.30. The van der Waals surface area contributed by atoms with Gasteiger partial charge in [-0.1, -0.05) is 25.1 Å². The van der Waals surface area contributed by atoms with E-state index in [0.29, 0.717) is 18.8 Å². The van der Waals surface area contributed by atoms with Crippen molar-refractivity contribution in [1.82, 2.24) is 5.32 Å². The summed E-state index contributed by atoms with van der Waals surface area (Å²) < 4.78 is 18.6. The Morgan fingerprint density at radius 3 is 2.81 bits per heavy atom. The molecule has 1 N–H and O–H groups in total. The van der Waals surface area contributed by atoms with Gasteiger partial charge in [0.15, 0.2) is 0 Å². The Labute approximate surface area is 96.8 Å². The van der Waals surface area contributed by atoms with E-state index in [1.165, 1.54) is 6.07 Å². The van der Waals surface area contributed by atoms with Gasteiger partial charge in [0.25, 0.3) is 0 Å². The van der Waals surface area contributed by atoms with Crippen LogP contribution >= 0.6 is 0 Å². The van der Waals surface area contributed by atoms with Gasteiger partial charge in [-0.2, -0.15) is 0 Å². The Hall–Kier alpha value is -0.930. The van der Waals surface area contributed by atoms with Crippen molar-refractivity contribution in [2.45, 2.75) is 26.4 Å². The first kappa shape index (κ1) is 13.1. The number of unbranched alkanes of at least 4 members (excludes halogenated alkanes) is 1. The van der Waals surface area contributed by atoms with Crippen LogP contribution in [0.3, 0.4) is 0 Å². The van der Waals surface area contributed by atoms with Crippen molar-refractivity contribution in [2.75, 3.05) is 19.7 Å². The summed E-state index contributed by atoms with van der Waals surface area (Å²) in [6.45, 7) is 5.19. The normalized spacial score (nSPS) is 10.6. The standard InChI is InChI=1S/C13H20FNO/c1-2-15-9-5-6-10-16-11-12-7-3-4-8-13(12)14/h3-4,7-8,15H,2,5-6,9-11H2,1H3. The SMILES string of the molecule is CCNCCCCOCc1ccccc1F. The van der Waals surface area contributed by atoms with Gasteiger partial charge in [0.05, 0.1) is 6.61 Å². The molecule has 0 spiro atoms. The van der Waals surface area contributed by atoms with Gasteiger partial charge in [-0.3, -0.25) is 0 Å². The Bertz CT molecular complexity index is 291. The van der Waals surface area contributed by atoms with Gasteiger partial charge in [0.1, 0.15) is 5.82 Å². The molecule has 0 saturated heterocycles. The van der Waals surface area contributed by atoms with E-state index in [9.17, 15) is 4.39 Å². The van der Waals surface area contributed by atoms with Gasteiger partial charge in [0, 0.05) is 12.2 Å². The minimum atomic E-state index is -0.185. The number of hydrogen-bond donors (Lipinski definition) is 1. The molecule has 1 aromatic rings. The molecule has 0 bridgehead atoms. The molecule has 0 amide bonds. The summed E-state index contributed by atoms with van der Waals surface area (Å²) in [5, 5.41) is 3.25. The van der Waals surface area contributed by atoms with Crippen LogP contribution < -0.4 is 5.32 Å². The molecule has 0 atom stereocenters. The van der Waals surface area contributed by atoms with Crippen molar-refractivity contribution < 1.29 is 9.13 Å². The van der Waals surface area contributed by atoms with Gasteiger partial charge < -0.3 is 10.1 Å². The highest BCUT2D eigenvalue weighted by atomic mass is 19.1.